The van der Waals surface area contributed by atoms with Gasteiger partial charge in [-0.25, -0.2) is 0 Å². The number of para-hydroxylation sites is 1. The van der Waals surface area contributed by atoms with E-state index in [4.69, 9.17) is 9.47 Å². The Morgan fingerprint density at radius 3 is 2.12 bits per heavy atom. The van der Waals surface area contributed by atoms with Gasteiger partial charge in [0.1, 0.15) is 11.5 Å². The van der Waals surface area contributed by atoms with E-state index < -0.39 is 10.8 Å². The zero-order valence-electron chi connectivity index (χ0n) is 13.6. The van der Waals surface area contributed by atoms with Gasteiger partial charge >= 0.3 is 5.97 Å². The number of carbonyl (C=O) groups excluding carboxylic acids is 2. The number of halogens is 1. The summed E-state index contributed by atoms with van der Waals surface area (Å²) in [5.41, 5.74) is 0.509. The van der Waals surface area contributed by atoms with Crippen molar-refractivity contribution in [1.29, 1.82) is 0 Å². The lowest BCUT2D eigenvalue weighted by Gasteiger charge is -2.11. The molecular weight excluding hydrogens is 372 g/mol. The maximum absolute atomic E-state index is 12.3. The molecule has 2 rings (SSSR count). The molecule has 4 nitrogen and oxygen atoms in total. The number of hydrogen-bond acceptors (Lipinski definition) is 4. The second kappa shape index (κ2) is 8.64. The second-order valence-electron chi connectivity index (χ2n) is 5.51. The van der Waals surface area contributed by atoms with Crippen LogP contribution in [-0.2, 0) is 9.53 Å². The Labute approximate surface area is 149 Å². The van der Waals surface area contributed by atoms with Crippen LogP contribution in [0.5, 0.6) is 11.5 Å². The molecule has 0 aliphatic rings. The average Bonchev–Trinajstić information content (AvgIpc) is 2.55. The number of ether oxygens (including phenoxy) is 2. The third kappa shape index (κ3) is 5.49. The van der Waals surface area contributed by atoms with E-state index in [2.05, 4.69) is 15.9 Å². The van der Waals surface area contributed by atoms with E-state index in [0.717, 1.165) is 5.75 Å². The number of hydrogen-bond donors (Lipinski definition) is 0. The van der Waals surface area contributed by atoms with Crippen molar-refractivity contribution in [3.63, 3.8) is 0 Å². The van der Waals surface area contributed by atoms with Gasteiger partial charge in [0, 0.05) is 5.56 Å². The minimum absolute atomic E-state index is 0.000714. The summed E-state index contributed by atoms with van der Waals surface area (Å²) in [5, 5.41) is 0. The fourth-order valence-electron chi connectivity index (χ4n) is 2.04. The number of ketones is 1. The van der Waals surface area contributed by atoms with Crippen molar-refractivity contribution in [1.82, 2.24) is 0 Å². The van der Waals surface area contributed by atoms with Crippen molar-refractivity contribution in [3.05, 3.63) is 60.2 Å². The van der Waals surface area contributed by atoms with E-state index in [9.17, 15) is 9.59 Å². The first-order valence-electron chi connectivity index (χ1n) is 7.66. The number of benzene rings is 2. The molecule has 0 bridgehead atoms. The van der Waals surface area contributed by atoms with Crippen LogP contribution >= 0.6 is 15.9 Å². The van der Waals surface area contributed by atoms with E-state index in [-0.39, 0.29) is 18.3 Å². The Balaban J connectivity index is 1.96. The van der Waals surface area contributed by atoms with Gasteiger partial charge in [-0.05, 0) is 50.2 Å². The molecule has 0 spiro atoms. The van der Waals surface area contributed by atoms with Gasteiger partial charge in [0.15, 0.2) is 5.78 Å². The third-order valence-corrected chi connectivity index (χ3v) is 3.85. The normalized spacial score (nSPS) is 11.8. The van der Waals surface area contributed by atoms with Gasteiger partial charge in [0.25, 0.3) is 0 Å². The summed E-state index contributed by atoms with van der Waals surface area (Å²) in [5.74, 6) is 0.806. The molecule has 126 valence electrons. The number of rotatable bonds is 7. The molecule has 0 heterocycles. The van der Waals surface area contributed by atoms with E-state index in [1.54, 1.807) is 38.1 Å². The number of Topliss-reactive ketones (excluding diaryl/α,β-unsaturated/α-hetero) is 1. The van der Waals surface area contributed by atoms with Crippen LogP contribution in [0.15, 0.2) is 54.6 Å². The summed E-state index contributed by atoms with van der Waals surface area (Å²) in [6.45, 7) is 3.54. The molecule has 5 heteroatoms. The Bertz CT molecular complexity index is 680. The van der Waals surface area contributed by atoms with Gasteiger partial charge in [-0.3, -0.25) is 9.59 Å². The molecule has 0 aliphatic heterocycles. The summed E-state index contributed by atoms with van der Waals surface area (Å²) < 4.78 is 10.7. The van der Waals surface area contributed by atoms with Gasteiger partial charge in [-0.1, -0.05) is 34.1 Å². The number of alkyl halides is 1. The largest absolute Gasteiger partial charge is 0.463 e. The highest BCUT2D eigenvalue weighted by atomic mass is 79.9. The maximum atomic E-state index is 12.3. The molecule has 24 heavy (non-hydrogen) atoms. The first-order chi connectivity index (χ1) is 11.5. The fraction of sp³-hybridized carbons (Fsp3) is 0.263. The molecule has 2 aromatic carbocycles. The van der Waals surface area contributed by atoms with Gasteiger partial charge in [0.2, 0.25) is 0 Å². The van der Waals surface area contributed by atoms with Crippen molar-refractivity contribution in [2.45, 2.75) is 31.2 Å². The fourth-order valence-corrected chi connectivity index (χ4v) is 2.57. The minimum atomic E-state index is -0.607. The van der Waals surface area contributed by atoms with E-state index in [1.165, 1.54) is 0 Å². The zero-order chi connectivity index (χ0) is 17.5. The Morgan fingerprint density at radius 2 is 1.54 bits per heavy atom. The van der Waals surface area contributed by atoms with E-state index in [0.29, 0.717) is 11.3 Å². The summed E-state index contributed by atoms with van der Waals surface area (Å²) in [6, 6.07) is 16.2. The quantitative estimate of drug-likeness (QED) is 0.388. The highest BCUT2D eigenvalue weighted by molar-refractivity contribution is 9.10. The van der Waals surface area contributed by atoms with Crippen LogP contribution in [0.2, 0.25) is 0 Å². The smallest absolute Gasteiger partial charge is 0.307 e. The third-order valence-electron chi connectivity index (χ3n) is 3.12. The zero-order valence-corrected chi connectivity index (χ0v) is 15.2. The summed E-state index contributed by atoms with van der Waals surface area (Å²) in [6.07, 6.45) is -0.194. The molecule has 0 saturated heterocycles. The topological polar surface area (TPSA) is 52.6 Å². The minimum Gasteiger partial charge on any atom is -0.463 e. The Morgan fingerprint density at radius 1 is 0.958 bits per heavy atom. The number of carbonyl (C=O) groups is 2. The lowest BCUT2D eigenvalue weighted by Crippen LogP contribution is -2.21. The monoisotopic (exact) mass is 390 g/mol. The molecule has 0 N–H and O–H groups in total. The van der Waals surface area contributed by atoms with Gasteiger partial charge in [-0.2, -0.15) is 0 Å². The molecule has 0 fully saturated rings. The first kappa shape index (κ1) is 18.2. The summed E-state index contributed by atoms with van der Waals surface area (Å²) in [4.78, 5) is 23.4. The Kier molecular flexibility index (Phi) is 6.55. The van der Waals surface area contributed by atoms with Crippen LogP contribution in [0.4, 0.5) is 0 Å². The molecule has 1 atom stereocenters. The predicted molar refractivity (Wildman–Crippen MR) is 95.8 cm³/mol. The molecule has 0 radical (unpaired) electrons. The van der Waals surface area contributed by atoms with Crippen LogP contribution in [0, 0.1) is 0 Å². The lowest BCUT2D eigenvalue weighted by atomic mass is 10.1. The van der Waals surface area contributed by atoms with Crippen LogP contribution < -0.4 is 4.74 Å². The SMILES string of the molecule is CC(C)OC(=O)CC(Br)C(=O)c1ccc(Oc2ccccc2)cc1. The van der Waals surface area contributed by atoms with Crippen molar-refractivity contribution in [2.24, 2.45) is 0 Å². The van der Waals surface area contributed by atoms with Crippen molar-refractivity contribution in [2.75, 3.05) is 0 Å². The van der Waals surface area contributed by atoms with E-state index >= 15 is 0 Å². The lowest BCUT2D eigenvalue weighted by molar-refractivity contribution is -0.147. The summed E-state index contributed by atoms with van der Waals surface area (Å²) in [7, 11) is 0. The molecule has 2 aromatic rings. The van der Waals surface area contributed by atoms with Crippen molar-refractivity contribution in [3.8, 4) is 11.5 Å². The van der Waals surface area contributed by atoms with Crippen LogP contribution in [0.25, 0.3) is 0 Å². The predicted octanol–water partition coefficient (Wildman–Crippen LogP) is 4.77. The molecule has 0 aromatic heterocycles. The molecule has 0 amide bonds. The summed E-state index contributed by atoms with van der Waals surface area (Å²) >= 11 is 3.26. The molecule has 1 unspecified atom stereocenters. The van der Waals surface area contributed by atoms with Gasteiger partial charge < -0.3 is 9.47 Å². The van der Waals surface area contributed by atoms with Crippen molar-refractivity contribution < 1.29 is 19.1 Å². The highest BCUT2D eigenvalue weighted by Gasteiger charge is 2.21. The Hall–Kier alpha value is -2.14. The molecular formula is C19H19BrO4. The molecule has 0 saturated carbocycles. The second-order valence-corrected chi connectivity index (χ2v) is 6.62. The number of esters is 1. The average molecular weight is 391 g/mol. The van der Waals surface area contributed by atoms with Gasteiger partial charge in [-0.15, -0.1) is 0 Å². The standard InChI is InChI=1S/C19H19BrO4/c1-13(2)23-18(21)12-17(20)19(22)14-8-10-16(11-9-14)24-15-6-4-3-5-7-15/h3-11,13,17H,12H2,1-2H3. The highest BCUT2D eigenvalue weighted by Crippen LogP contribution is 2.22. The van der Waals surface area contributed by atoms with E-state index in [1.807, 2.05) is 30.3 Å². The first-order valence-corrected chi connectivity index (χ1v) is 8.58. The van der Waals surface area contributed by atoms with Crippen LogP contribution in [-0.4, -0.2) is 22.7 Å². The molecule has 0 aliphatic carbocycles. The van der Waals surface area contributed by atoms with Gasteiger partial charge in [0.05, 0.1) is 17.4 Å². The van der Waals surface area contributed by atoms with Crippen LogP contribution in [0.3, 0.4) is 0 Å². The van der Waals surface area contributed by atoms with Crippen molar-refractivity contribution >= 4 is 27.7 Å². The maximum Gasteiger partial charge on any atom is 0.307 e. The van der Waals surface area contributed by atoms with Crippen LogP contribution in [0.1, 0.15) is 30.6 Å².